The van der Waals surface area contributed by atoms with Crippen LogP contribution in [0.1, 0.15) is 6.42 Å². The van der Waals surface area contributed by atoms with E-state index in [-0.39, 0.29) is 23.7 Å². The molecule has 0 radical (unpaired) electrons. The number of nitrogens with zero attached hydrogens (tertiary/aromatic N) is 1. The lowest BCUT2D eigenvalue weighted by atomic mass is 9.72. The second kappa shape index (κ2) is 4.08. The Bertz CT molecular complexity index is 491. The molecular formula is C10H13BrN4O2. The van der Waals surface area contributed by atoms with E-state index >= 15 is 0 Å². The van der Waals surface area contributed by atoms with E-state index in [1.165, 1.54) is 6.33 Å². The van der Waals surface area contributed by atoms with Crippen molar-refractivity contribution in [2.45, 2.75) is 24.6 Å². The van der Waals surface area contributed by atoms with E-state index in [2.05, 4.69) is 31.2 Å². The molecule has 1 aromatic rings. The lowest BCUT2D eigenvalue weighted by molar-refractivity contribution is 0.00521. The van der Waals surface area contributed by atoms with E-state index in [0.717, 1.165) is 13.0 Å². The van der Waals surface area contributed by atoms with Crippen molar-refractivity contribution in [3.05, 3.63) is 21.2 Å². The number of ether oxygens (including phenoxy) is 1. The lowest BCUT2D eigenvalue weighted by Gasteiger charge is -2.45. The van der Waals surface area contributed by atoms with Crippen molar-refractivity contribution < 1.29 is 4.74 Å². The van der Waals surface area contributed by atoms with Gasteiger partial charge in [0.05, 0.1) is 18.5 Å². The molecule has 1 aliphatic carbocycles. The van der Waals surface area contributed by atoms with Crippen LogP contribution in [0.4, 0.5) is 5.82 Å². The summed E-state index contributed by atoms with van der Waals surface area (Å²) < 4.78 is 6.00. The van der Waals surface area contributed by atoms with Gasteiger partial charge in [0.2, 0.25) is 0 Å². The van der Waals surface area contributed by atoms with Gasteiger partial charge < -0.3 is 20.8 Å². The molecule has 1 aromatic heterocycles. The topological polar surface area (TPSA) is 93.0 Å². The number of hydrogen-bond donors (Lipinski definition) is 3. The molecule has 2 aliphatic rings. The fraction of sp³-hybridized carbons (Fsp3) is 0.600. The van der Waals surface area contributed by atoms with Crippen molar-refractivity contribution >= 4 is 21.7 Å². The predicted molar refractivity (Wildman–Crippen MR) is 65.8 cm³/mol. The molecule has 0 bridgehead atoms. The van der Waals surface area contributed by atoms with E-state index < -0.39 is 0 Å². The van der Waals surface area contributed by atoms with Gasteiger partial charge in [-0.2, -0.15) is 0 Å². The number of nitrogens with one attached hydrogen (secondary N) is 2. The number of halogens is 1. The first-order chi connectivity index (χ1) is 8.18. The van der Waals surface area contributed by atoms with Crippen LogP contribution in [0.25, 0.3) is 0 Å². The zero-order chi connectivity index (χ0) is 12.0. The Morgan fingerprint density at radius 3 is 3.29 bits per heavy atom. The van der Waals surface area contributed by atoms with Crippen molar-refractivity contribution in [3.8, 4) is 0 Å². The fourth-order valence-electron chi connectivity index (χ4n) is 2.57. The molecule has 1 saturated heterocycles. The normalized spacial score (nSPS) is 35.2. The Kier molecular flexibility index (Phi) is 2.68. The molecule has 17 heavy (non-hydrogen) atoms. The summed E-state index contributed by atoms with van der Waals surface area (Å²) in [6.07, 6.45) is 2.54. The van der Waals surface area contributed by atoms with Crippen LogP contribution in [0.3, 0.4) is 0 Å². The first-order valence-corrected chi connectivity index (χ1v) is 6.34. The minimum atomic E-state index is -0.209. The van der Waals surface area contributed by atoms with Gasteiger partial charge in [-0.15, -0.1) is 0 Å². The van der Waals surface area contributed by atoms with Gasteiger partial charge in [-0.25, -0.2) is 4.98 Å². The predicted octanol–water partition coefficient (Wildman–Crippen LogP) is 0.0589. The molecule has 4 N–H and O–H groups in total. The third-order valence-corrected chi connectivity index (χ3v) is 4.28. The summed E-state index contributed by atoms with van der Waals surface area (Å²) >= 11 is 3.20. The molecule has 1 saturated carbocycles. The highest BCUT2D eigenvalue weighted by molar-refractivity contribution is 9.10. The summed E-state index contributed by atoms with van der Waals surface area (Å²) in [5, 5.41) is 3.18. The van der Waals surface area contributed by atoms with Gasteiger partial charge >= 0.3 is 0 Å². The Hall–Kier alpha value is -0.920. The number of fused-ring (bicyclic) bond motifs is 1. The molecule has 4 unspecified atom stereocenters. The molecule has 0 aromatic carbocycles. The molecular weight excluding hydrogens is 288 g/mol. The average molecular weight is 301 g/mol. The molecule has 7 heteroatoms. The van der Waals surface area contributed by atoms with Crippen molar-refractivity contribution in [1.29, 1.82) is 0 Å². The number of hydrogen-bond acceptors (Lipinski definition) is 5. The Morgan fingerprint density at radius 1 is 1.65 bits per heavy atom. The SMILES string of the molecule is NC1C2CCOC2C1Nc1nc[nH]c(=O)c1Br. The van der Waals surface area contributed by atoms with Gasteiger partial charge in [0.1, 0.15) is 10.3 Å². The summed E-state index contributed by atoms with van der Waals surface area (Å²) in [7, 11) is 0. The Balaban J connectivity index is 1.79. The van der Waals surface area contributed by atoms with Crippen molar-refractivity contribution in [3.63, 3.8) is 0 Å². The maximum absolute atomic E-state index is 11.4. The average Bonchev–Trinajstić information content (AvgIpc) is 2.75. The summed E-state index contributed by atoms with van der Waals surface area (Å²) in [6.45, 7) is 0.769. The van der Waals surface area contributed by atoms with Crippen molar-refractivity contribution in [1.82, 2.24) is 9.97 Å². The van der Waals surface area contributed by atoms with Crippen LogP contribution in [0.5, 0.6) is 0 Å². The number of H-pyrrole nitrogens is 1. The smallest absolute Gasteiger partial charge is 0.267 e. The first kappa shape index (κ1) is 11.2. The van der Waals surface area contributed by atoms with Crippen molar-refractivity contribution in [2.24, 2.45) is 11.7 Å². The quantitative estimate of drug-likeness (QED) is 0.718. The zero-order valence-corrected chi connectivity index (χ0v) is 10.6. The number of rotatable bonds is 2. The Labute approximate surface area is 106 Å². The third kappa shape index (κ3) is 1.69. The molecule has 4 atom stereocenters. The zero-order valence-electron chi connectivity index (χ0n) is 9.02. The molecule has 6 nitrogen and oxygen atoms in total. The van der Waals surface area contributed by atoms with Gasteiger partial charge in [0, 0.05) is 18.6 Å². The summed E-state index contributed by atoms with van der Waals surface area (Å²) in [5.41, 5.74) is 5.86. The van der Waals surface area contributed by atoms with Crippen LogP contribution in [-0.4, -0.2) is 34.8 Å². The number of aromatic amines is 1. The van der Waals surface area contributed by atoms with Crippen LogP contribution in [0.15, 0.2) is 15.6 Å². The highest BCUT2D eigenvalue weighted by Crippen LogP contribution is 2.39. The lowest BCUT2D eigenvalue weighted by Crippen LogP contribution is -2.65. The highest BCUT2D eigenvalue weighted by Gasteiger charge is 2.52. The molecule has 0 spiro atoms. The van der Waals surface area contributed by atoms with Crippen LogP contribution in [-0.2, 0) is 4.74 Å². The summed E-state index contributed by atoms with van der Waals surface area (Å²) in [5.74, 6) is 0.955. The fourth-order valence-corrected chi connectivity index (χ4v) is 2.90. The van der Waals surface area contributed by atoms with E-state index in [1.807, 2.05) is 0 Å². The minimum Gasteiger partial charge on any atom is -0.376 e. The second-order valence-corrected chi connectivity index (χ2v) is 5.22. The highest BCUT2D eigenvalue weighted by atomic mass is 79.9. The standard InChI is InChI=1S/C10H13BrN4O2/c11-5-9(13-3-14-10(5)16)15-7-6(12)4-1-2-17-8(4)7/h3-4,6-8H,1-2,12H2,(H2,13,14,15,16). The molecule has 3 rings (SSSR count). The number of anilines is 1. The van der Waals surface area contributed by atoms with E-state index in [1.54, 1.807) is 0 Å². The second-order valence-electron chi connectivity index (χ2n) is 4.43. The van der Waals surface area contributed by atoms with Crippen LogP contribution in [0.2, 0.25) is 0 Å². The number of aromatic nitrogens is 2. The van der Waals surface area contributed by atoms with Crippen molar-refractivity contribution in [2.75, 3.05) is 11.9 Å². The van der Waals surface area contributed by atoms with Gasteiger partial charge in [0.15, 0.2) is 0 Å². The third-order valence-electron chi connectivity index (χ3n) is 3.55. The van der Waals surface area contributed by atoms with Gasteiger partial charge in [0.25, 0.3) is 5.56 Å². The molecule has 0 amide bonds. The monoisotopic (exact) mass is 300 g/mol. The van der Waals surface area contributed by atoms with E-state index in [4.69, 9.17) is 10.5 Å². The minimum absolute atomic E-state index is 0.0353. The Morgan fingerprint density at radius 2 is 2.47 bits per heavy atom. The summed E-state index contributed by atoms with van der Waals surface area (Å²) in [6, 6.07) is 0.101. The number of nitrogens with two attached hydrogens (primary N) is 1. The summed E-state index contributed by atoms with van der Waals surface area (Å²) in [4.78, 5) is 18.0. The van der Waals surface area contributed by atoms with Crippen LogP contribution < -0.4 is 16.6 Å². The molecule has 92 valence electrons. The molecule has 2 heterocycles. The van der Waals surface area contributed by atoms with Crippen LogP contribution >= 0.6 is 15.9 Å². The maximum Gasteiger partial charge on any atom is 0.267 e. The van der Waals surface area contributed by atoms with Gasteiger partial charge in [-0.1, -0.05) is 0 Å². The first-order valence-electron chi connectivity index (χ1n) is 5.55. The van der Waals surface area contributed by atoms with E-state index in [9.17, 15) is 4.79 Å². The van der Waals surface area contributed by atoms with E-state index in [0.29, 0.717) is 16.2 Å². The molecule has 2 fully saturated rings. The maximum atomic E-state index is 11.4. The van der Waals surface area contributed by atoms with Gasteiger partial charge in [-0.05, 0) is 22.4 Å². The van der Waals surface area contributed by atoms with Crippen LogP contribution in [0, 0.1) is 5.92 Å². The molecule has 1 aliphatic heterocycles. The largest absolute Gasteiger partial charge is 0.376 e. The van der Waals surface area contributed by atoms with Gasteiger partial charge in [-0.3, -0.25) is 4.79 Å².